The van der Waals surface area contributed by atoms with Crippen LogP contribution in [0, 0.1) is 0 Å². The van der Waals surface area contributed by atoms with Crippen LogP contribution in [0.15, 0.2) is 24.3 Å². The Hall–Kier alpha value is -0.540. The number of thiophene rings is 1. The number of hydrogen-bond donors (Lipinski definition) is 1. The highest BCUT2D eigenvalue weighted by atomic mass is 35.5. The van der Waals surface area contributed by atoms with Gasteiger partial charge in [-0.05, 0) is 43.0 Å². The fourth-order valence-electron chi connectivity index (χ4n) is 2.36. The molecule has 1 aromatic heterocycles. The van der Waals surface area contributed by atoms with E-state index in [1.54, 1.807) is 29.5 Å². The van der Waals surface area contributed by atoms with E-state index in [1.165, 1.54) is 16.9 Å². The van der Waals surface area contributed by atoms with Gasteiger partial charge in [-0.3, -0.25) is 0 Å². The van der Waals surface area contributed by atoms with Gasteiger partial charge in [0.2, 0.25) is 0 Å². The van der Waals surface area contributed by atoms with Crippen molar-refractivity contribution in [3.05, 3.63) is 55.2 Å². The van der Waals surface area contributed by atoms with E-state index in [-0.39, 0.29) is 0 Å². The maximum absolute atomic E-state index is 10.4. The molecule has 1 aliphatic rings. The van der Waals surface area contributed by atoms with Crippen LogP contribution in [-0.4, -0.2) is 5.11 Å². The zero-order valence-corrected chi connectivity index (χ0v) is 11.9. The highest BCUT2D eigenvalue weighted by molar-refractivity contribution is 7.12. The van der Waals surface area contributed by atoms with Crippen molar-refractivity contribution in [3.63, 3.8) is 0 Å². The Morgan fingerprint density at radius 2 is 2.00 bits per heavy atom. The second-order valence-electron chi connectivity index (χ2n) is 4.52. The van der Waals surface area contributed by atoms with Crippen LogP contribution < -0.4 is 0 Å². The summed E-state index contributed by atoms with van der Waals surface area (Å²) < 4.78 is 0. The van der Waals surface area contributed by atoms with Crippen molar-refractivity contribution in [2.24, 2.45) is 0 Å². The molecule has 1 nitrogen and oxygen atoms in total. The van der Waals surface area contributed by atoms with Crippen LogP contribution in [0.2, 0.25) is 10.0 Å². The number of fused-ring (bicyclic) bond motifs is 1. The monoisotopic (exact) mass is 298 g/mol. The van der Waals surface area contributed by atoms with E-state index in [4.69, 9.17) is 23.2 Å². The summed E-state index contributed by atoms with van der Waals surface area (Å²) in [6.45, 7) is 0. The third-order valence-corrected chi connectivity index (χ3v) is 5.14. The van der Waals surface area contributed by atoms with Crippen LogP contribution in [0.3, 0.4) is 0 Å². The van der Waals surface area contributed by atoms with Crippen LogP contribution in [0.25, 0.3) is 0 Å². The molecule has 0 saturated carbocycles. The lowest BCUT2D eigenvalue weighted by molar-refractivity contribution is 0.224. The van der Waals surface area contributed by atoms with Crippen LogP contribution in [-0.2, 0) is 12.8 Å². The predicted molar refractivity (Wildman–Crippen MR) is 76.9 cm³/mol. The van der Waals surface area contributed by atoms with Crippen LogP contribution in [0.5, 0.6) is 0 Å². The molecule has 0 aliphatic heterocycles. The molecule has 0 amide bonds. The number of rotatable bonds is 2. The van der Waals surface area contributed by atoms with Crippen molar-refractivity contribution < 1.29 is 5.11 Å². The molecule has 0 saturated heterocycles. The molecular weight excluding hydrogens is 287 g/mol. The number of aryl methyl sites for hydroxylation is 2. The van der Waals surface area contributed by atoms with Crippen LogP contribution in [0.1, 0.15) is 33.4 Å². The van der Waals surface area contributed by atoms with Crippen molar-refractivity contribution >= 4 is 34.5 Å². The van der Waals surface area contributed by atoms with E-state index in [9.17, 15) is 5.11 Å². The third-order valence-electron chi connectivity index (χ3n) is 3.29. The highest BCUT2D eigenvalue weighted by Gasteiger charge is 2.21. The van der Waals surface area contributed by atoms with Gasteiger partial charge in [-0.25, -0.2) is 0 Å². The fraction of sp³-hybridized carbons (Fsp3) is 0.286. The van der Waals surface area contributed by atoms with Gasteiger partial charge in [-0.2, -0.15) is 0 Å². The summed E-state index contributed by atoms with van der Waals surface area (Å²) in [5.41, 5.74) is 2.11. The molecule has 0 radical (unpaired) electrons. The second kappa shape index (κ2) is 4.86. The summed E-state index contributed by atoms with van der Waals surface area (Å²) >= 11 is 13.7. The molecule has 94 valence electrons. The molecule has 1 aliphatic carbocycles. The number of aliphatic hydroxyl groups is 1. The topological polar surface area (TPSA) is 20.2 Å². The van der Waals surface area contributed by atoms with Gasteiger partial charge >= 0.3 is 0 Å². The Labute approximate surface area is 120 Å². The molecule has 4 heteroatoms. The standard InChI is InChI=1S/C14H12Cl2OS/c15-9-4-5-10(11(16)7-9)14(17)13-6-8-2-1-3-12(8)18-13/h4-7,14,17H,1-3H2. The number of benzene rings is 1. The SMILES string of the molecule is OC(c1cc2c(s1)CCC2)c1ccc(Cl)cc1Cl. The van der Waals surface area contributed by atoms with Crippen molar-refractivity contribution in [2.45, 2.75) is 25.4 Å². The van der Waals surface area contributed by atoms with Gasteiger partial charge in [0.05, 0.1) is 0 Å². The van der Waals surface area contributed by atoms with Gasteiger partial charge in [0.25, 0.3) is 0 Å². The quantitative estimate of drug-likeness (QED) is 0.857. The smallest absolute Gasteiger partial charge is 0.115 e. The minimum Gasteiger partial charge on any atom is -0.383 e. The van der Waals surface area contributed by atoms with E-state index < -0.39 is 6.10 Å². The predicted octanol–water partition coefficient (Wildman–Crippen LogP) is 4.63. The van der Waals surface area contributed by atoms with Gasteiger partial charge in [-0.1, -0.05) is 29.3 Å². The number of aliphatic hydroxyl groups excluding tert-OH is 1. The van der Waals surface area contributed by atoms with Gasteiger partial charge in [-0.15, -0.1) is 11.3 Å². The lowest BCUT2D eigenvalue weighted by Gasteiger charge is -2.11. The van der Waals surface area contributed by atoms with Crippen molar-refractivity contribution in [2.75, 3.05) is 0 Å². The van der Waals surface area contributed by atoms with Crippen LogP contribution >= 0.6 is 34.5 Å². The molecule has 18 heavy (non-hydrogen) atoms. The Morgan fingerprint density at radius 1 is 1.17 bits per heavy atom. The average molecular weight is 299 g/mol. The van der Waals surface area contributed by atoms with Crippen LogP contribution in [0.4, 0.5) is 0 Å². The molecule has 2 aromatic rings. The van der Waals surface area contributed by atoms with E-state index in [1.807, 2.05) is 0 Å². The van der Waals surface area contributed by atoms with Gasteiger partial charge < -0.3 is 5.11 Å². The Balaban J connectivity index is 1.95. The summed E-state index contributed by atoms with van der Waals surface area (Å²) in [6, 6.07) is 7.33. The van der Waals surface area contributed by atoms with Crippen molar-refractivity contribution in [1.82, 2.24) is 0 Å². The normalized spacial score (nSPS) is 15.7. The van der Waals surface area contributed by atoms with E-state index in [0.717, 1.165) is 23.3 Å². The zero-order valence-electron chi connectivity index (χ0n) is 9.62. The fourth-order valence-corrected chi connectivity index (χ4v) is 4.14. The summed E-state index contributed by atoms with van der Waals surface area (Å²) in [4.78, 5) is 2.39. The summed E-state index contributed by atoms with van der Waals surface area (Å²) in [7, 11) is 0. The average Bonchev–Trinajstić information content (AvgIpc) is 2.87. The van der Waals surface area contributed by atoms with Gasteiger partial charge in [0, 0.05) is 25.4 Å². The van der Waals surface area contributed by atoms with Gasteiger partial charge in [0.1, 0.15) is 6.10 Å². The molecule has 1 unspecified atom stereocenters. The van der Waals surface area contributed by atoms with Crippen molar-refractivity contribution in [3.8, 4) is 0 Å². The minimum absolute atomic E-state index is 0.517. The summed E-state index contributed by atoms with van der Waals surface area (Å²) in [5.74, 6) is 0. The van der Waals surface area contributed by atoms with E-state index >= 15 is 0 Å². The molecule has 0 bridgehead atoms. The Bertz CT molecular complexity index is 570. The lowest BCUT2D eigenvalue weighted by Crippen LogP contribution is -1.98. The molecule has 3 rings (SSSR count). The molecule has 1 aromatic carbocycles. The zero-order chi connectivity index (χ0) is 12.7. The lowest BCUT2D eigenvalue weighted by atomic mass is 10.1. The van der Waals surface area contributed by atoms with E-state index in [2.05, 4.69) is 6.07 Å². The first-order valence-electron chi connectivity index (χ1n) is 5.89. The highest BCUT2D eigenvalue weighted by Crippen LogP contribution is 2.38. The molecule has 1 heterocycles. The molecule has 0 spiro atoms. The Morgan fingerprint density at radius 3 is 2.72 bits per heavy atom. The summed E-state index contributed by atoms with van der Waals surface area (Å²) in [5, 5.41) is 11.5. The number of halogens is 2. The maximum Gasteiger partial charge on any atom is 0.115 e. The maximum atomic E-state index is 10.4. The van der Waals surface area contributed by atoms with Gasteiger partial charge in [0.15, 0.2) is 0 Å². The van der Waals surface area contributed by atoms with E-state index in [0.29, 0.717) is 10.0 Å². The molecule has 1 N–H and O–H groups in total. The summed E-state index contributed by atoms with van der Waals surface area (Å²) in [6.07, 6.45) is 2.86. The molecule has 0 fully saturated rings. The first-order chi connectivity index (χ1) is 8.65. The Kier molecular flexibility index (Phi) is 3.37. The molecular formula is C14H12Cl2OS. The first kappa shape index (κ1) is 12.5. The second-order valence-corrected chi connectivity index (χ2v) is 6.53. The molecule has 1 atom stereocenters. The first-order valence-corrected chi connectivity index (χ1v) is 7.47. The van der Waals surface area contributed by atoms with Crippen molar-refractivity contribution in [1.29, 1.82) is 0 Å². The minimum atomic E-state index is -0.648. The number of hydrogen-bond acceptors (Lipinski definition) is 2. The third kappa shape index (κ3) is 2.19. The largest absolute Gasteiger partial charge is 0.383 e.